The van der Waals surface area contributed by atoms with Crippen LogP contribution in [0, 0.1) is 5.82 Å². The lowest BCUT2D eigenvalue weighted by Gasteiger charge is -2.09. The van der Waals surface area contributed by atoms with E-state index in [1.54, 1.807) is 18.2 Å². The Kier molecular flexibility index (Phi) is 4.21. The standard InChI is InChI=1S/C13H9Br2FN2O/c14-7-1-3-11(16)9(5-7)13(19)18-12-4-2-8(17)6-10(12)15/h1-6H,17H2,(H,18,19). The van der Waals surface area contributed by atoms with E-state index in [0.717, 1.165) is 0 Å². The van der Waals surface area contributed by atoms with Gasteiger partial charge in [-0.05, 0) is 52.3 Å². The molecule has 0 spiro atoms. The second kappa shape index (κ2) is 5.71. The largest absolute Gasteiger partial charge is 0.399 e. The van der Waals surface area contributed by atoms with Crippen LogP contribution >= 0.6 is 31.9 Å². The minimum atomic E-state index is -0.577. The van der Waals surface area contributed by atoms with Crippen molar-refractivity contribution in [3.63, 3.8) is 0 Å². The van der Waals surface area contributed by atoms with Gasteiger partial charge in [-0.15, -0.1) is 0 Å². The van der Waals surface area contributed by atoms with E-state index in [4.69, 9.17) is 5.73 Å². The third kappa shape index (κ3) is 3.33. The quantitative estimate of drug-likeness (QED) is 0.759. The molecule has 0 atom stereocenters. The van der Waals surface area contributed by atoms with E-state index in [1.807, 2.05) is 0 Å². The van der Waals surface area contributed by atoms with Gasteiger partial charge in [0.2, 0.25) is 0 Å². The van der Waals surface area contributed by atoms with Crippen molar-refractivity contribution >= 4 is 49.1 Å². The Morgan fingerprint density at radius 2 is 1.89 bits per heavy atom. The van der Waals surface area contributed by atoms with Gasteiger partial charge in [0.1, 0.15) is 5.82 Å². The molecule has 19 heavy (non-hydrogen) atoms. The molecule has 2 aromatic rings. The van der Waals surface area contributed by atoms with Crippen molar-refractivity contribution < 1.29 is 9.18 Å². The number of benzene rings is 2. The lowest BCUT2D eigenvalue weighted by molar-refractivity contribution is 0.102. The maximum atomic E-state index is 13.6. The Bertz CT molecular complexity index is 647. The average Bonchev–Trinajstić information content (AvgIpc) is 2.35. The van der Waals surface area contributed by atoms with Gasteiger partial charge < -0.3 is 11.1 Å². The van der Waals surface area contributed by atoms with Gasteiger partial charge in [-0.2, -0.15) is 0 Å². The molecule has 0 fully saturated rings. The zero-order valence-corrected chi connectivity index (χ0v) is 12.8. The first-order valence-corrected chi connectivity index (χ1v) is 6.87. The van der Waals surface area contributed by atoms with Gasteiger partial charge in [-0.3, -0.25) is 4.79 Å². The highest BCUT2D eigenvalue weighted by atomic mass is 79.9. The van der Waals surface area contributed by atoms with Crippen molar-refractivity contribution in [3.05, 3.63) is 56.7 Å². The number of nitrogen functional groups attached to an aromatic ring is 1. The molecular formula is C13H9Br2FN2O. The number of anilines is 2. The monoisotopic (exact) mass is 386 g/mol. The minimum absolute atomic E-state index is 0.0295. The van der Waals surface area contributed by atoms with Crippen LogP contribution in [0.2, 0.25) is 0 Å². The third-order valence-electron chi connectivity index (χ3n) is 2.41. The van der Waals surface area contributed by atoms with Gasteiger partial charge in [0, 0.05) is 14.6 Å². The molecule has 0 aliphatic heterocycles. The van der Waals surface area contributed by atoms with E-state index >= 15 is 0 Å². The first-order chi connectivity index (χ1) is 8.97. The third-order valence-corrected chi connectivity index (χ3v) is 3.56. The number of nitrogens with one attached hydrogen (secondary N) is 1. The average molecular weight is 388 g/mol. The fourth-order valence-electron chi connectivity index (χ4n) is 1.49. The summed E-state index contributed by atoms with van der Waals surface area (Å²) in [6.07, 6.45) is 0. The Labute approximate surface area is 126 Å². The molecule has 0 aromatic heterocycles. The molecule has 98 valence electrons. The summed E-state index contributed by atoms with van der Waals surface area (Å²) in [6, 6.07) is 9.15. The van der Waals surface area contributed by atoms with Gasteiger partial charge in [0.05, 0.1) is 11.3 Å². The topological polar surface area (TPSA) is 55.1 Å². The zero-order chi connectivity index (χ0) is 14.0. The second-order valence-corrected chi connectivity index (χ2v) is 5.59. The molecule has 0 unspecified atom stereocenters. The fourth-order valence-corrected chi connectivity index (χ4v) is 2.35. The summed E-state index contributed by atoms with van der Waals surface area (Å²) in [5.41, 5.74) is 6.67. The Morgan fingerprint density at radius 3 is 2.58 bits per heavy atom. The van der Waals surface area contributed by atoms with E-state index < -0.39 is 11.7 Å². The van der Waals surface area contributed by atoms with Gasteiger partial charge >= 0.3 is 0 Å². The van der Waals surface area contributed by atoms with E-state index in [0.29, 0.717) is 20.3 Å². The van der Waals surface area contributed by atoms with Gasteiger partial charge in [-0.25, -0.2) is 4.39 Å². The highest BCUT2D eigenvalue weighted by molar-refractivity contribution is 9.10. The SMILES string of the molecule is Nc1ccc(NC(=O)c2cc(Br)ccc2F)c(Br)c1. The number of carbonyl (C=O) groups excluding carboxylic acids is 1. The number of rotatable bonds is 2. The van der Waals surface area contributed by atoms with Crippen molar-refractivity contribution in [3.8, 4) is 0 Å². The molecule has 0 bridgehead atoms. The summed E-state index contributed by atoms with van der Waals surface area (Å²) in [5.74, 6) is -1.10. The van der Waals surface area contributed by atoms with Crippen LogP contribution < -0.4 is 11.1 Å². The maximum absolute atomic E-state index is 13.6. The van der Waals surface area contributed by atoms with Gasteiger partial charge in [-0.1, -0.05) is 15.9 Å². The molecule has 0 radical (unpaired) electrons. The van der Waals surface area contributed by atoms with Gasteiger partial charge in [0.25, 0.3) is 5.91 Å². The highest BCUT2D eigenvalue weighted by Crippen LogP contribution is 2.25. The van der Waals surface area contributed by atoms with Gasteiger partial charge in [0.15, 0.2) is 0 Å². The predicted molar refractivity (Wildman–Crippen MR) is 80.6 cm³/mol. The number of amides is 1. The molecule has 6 heteroatoms. The summed E-state index contributed by atoms with van der Waals surface area (Å²) in [4.78, 5) is 12.0. The van der Waals surface area contributed by atoms with E-state index in [2.05, 4.69) is 37.2 Å². The fraction of sp³-hybridized carbons (Fsp3) is 0. The van der Waals surface area contributed by atoms with E-state index in [-0.39, 0.29) is 5.56 Å². The molecule has 0 aliphatic rings. The zero-order valence-electron chi connectivity index (χ0n) is 9.58. The summed E-state index contributed by atoms with van der Waals surface area (Å²) in [5, 5.41) is 2.62. The van der Waals surface area contributed by atoms with Crippen LogP contribution in [0.15, 0.2) is 45.3 Å². The number of halogens is 3. The highest BCUT2D eigenvalue weighted by Gasteiger charge is 2.13. The lowest BCUT2D eigenvalue weighted by Crippen LogP contribution is -2.14. The Hall–Kier alpha value is -1.40. The molecule has 3 nitrogen and oxygen atoms in total. The van der Waals surface area contributed by atoms with Crippen LogP contribution in [-0.4, -0.2) is 5.91 Å². The molecule has 2 aromatic carbocycles. The van der Waals surface area contributed by atoms with Crippen LogP contribution in [0.3, 0.4) is 0 Å². The lowest BCUT2D eigenvalue weighted by atomic mass is 10.2. The summed E-state index contributed by atoms with van der Waals surface area (Å²) in [7, 11) is 0. The maximum Gasteiger partial charge on any atom is 0.258 e. The van der Waals surface area contributed by atoms with Crippen molar-refractivity contribution in [2.24, 2.45) is 0 Å². The number of hydrogen-bond donors (Lipinski definition) is 2. The molecule has 0 saturated heterocycles. The smallest absolute Gasteiger partial charge is 0.258 e. The normalized spacial score (nSPS) is 10.3. The molecule has 0 heterocycles. The van der Waals surface area contributed by atoms with Crippen molar-refractivity contribution in [1.82, 2.24) is 0 Å². The molecule has 1 amide bonds. The number of nitrogens with two attached hydrogens (primary N) is 1. The van der Waals surface area contributed by atoms with E-state index in [1.165, 1.54) is 18.2 Å². The Balaban J connectivity index is 2.28. The van der Waals surface area contributed by atoms with E-state index in [9.17, 15) is 9.18 Å². The first-order valence-electron chi connectivity index (χ1n) is 5.29. The molecule has 2 rings (SSSR count). The van der Waals surface area contributed by atoms with Crippen molar-refractivity contribution in [2.45, 2.75) is 0 Å². The molecule has 3 N–H and O–H groups in total. The summed E-state index contributed by atoms with van der Waals surface area (Å²) >= 11 is 6.48. The van der Waals surface area contributed by atoms with Crippen LogP contribution in [0.25, 0.3) is 0 Å². The van der Waals surface area contributed by atoms with Crippen LogP contribution in [0.4, 0.5) is 15.8 Å². The Morgan fingerprint density at radius 1 is 1.16 bits per heavy atom. The second-order valence-electron chi connectivity index (χ2n) is 3.82. The van der Waals surface area contributed by atoms with Crippen LogP contribution in [0.5, 0.6) is 0 Å². The number of carbonyl (C=O) groups is 1. The summed E-state index contributed by atoms with van der Waals surface area (Å²) in [6.45, 7) is 0. The molecule has 0 saturated carbocycles. The van der Waals surface area contributed by atoms with Crippen molar-refractivity contribution in [2.75, 3.05) is 11.1 Å². The van der Waals surface area contributed by atoms with Crippen LogP contribution in [0.1, 0.15) is 10.4 Å². The molecule has 0 aliphatic carbocycles. The number of hydrogen-bond acceptors (Lipinski definition) is 2. The van der Waals surface area contributed by atoms with Crippen molar-refractivity contribution in [1.29, 1.82) is 0 Å². The predicted octanol–water partition coefficient (Wildman–Crippen LogP) is 4.19. The first kappa shape index (κ1) is 14.0. The summed E-state index contributed by atoms with van der Waals surface area (Å²) < 4.78 is 14.8. The van der Waals surface area contributed by atoms with Crippen LogP contribution in [-0.2, 0) is 0 Å². The molecular weight excluding hydrogens is 379 g/mol. The minimum Gasteiger partial charge on any atom is -0.399 e.